The lowest BCUT2D eigenvalue weighted by Gasteiger charge is -2.31. The molecular weight excluding hydrogens is 374 g/mol. The number of thiazole rings is 1. The van der Waals surface area contributed by atoms with Crippen molar-refractivity contribution in [1.29, 1.82) is 0 Å². The van der Waals surface area contributed by atoms with Crippen molar-refractivity contribution in [3.05, 3.63) is 23.5 Å². The van der Waals surface area contributed by atoms with Gasteiger partial charge in [-0.05, 0) is 39.7 Å². The first-order valence-corrected chi connectivity index (χ1v) is 11.1. The van der Waals surface area contributed by atoms with E-state index < -0.39 is 6.29 Å². The van der Waals surface area contributed by atoms with Gasteiger partial charge in [-0.1, -0.05) is 50.9 Å². The van der Waals surface area contributed by atoms with Crippen LogP contribution in [-0.2, 0) is 4.74 Å². The Hall–Kier alpha value is -1.76. The average molecular weight is 410 g/mol. The third kappa shape index (κ3) is 6.40. The first-order valence-electron chi connectivity index (χ1n) is 10.3. The number of aromatic nitrogens is 1. The Labute approximate surface area is 173 Å². The normalized spacial score (nSPS) is 17.1. The molecule has 2 rings (SSSR count). The highest BCUT2D eigenvalue weighted by atomic mass is 32.1. The van der Waals surface area contributed by atoms with Crippen LogP contribution in [0, 0.1) is 5.92 Å². The molecule has 0 radical (unpaired) electrons. The Bertz CT molecular complexity index is 648. The van der Waals surface area contributed by atoms with Crippen LogP contribution in [0.2, 0.25) is 0 Å². The van der Waals surface area contributed by atoms with Crippen molar-refractivity contribution in [3.63, 3.8) is 0 Å². The largest absolute Gasteiger partial charge is 0.438 e. The van der Waals surface area contributed by atoms with E-state index in [9.17, 15) is 4.79 Å². The smallest absolute Gasteiger partial charge is 0.277 e. The first kappa shape index (κ1) is 22.5. The molecule has 0 saturated carbocycles. The lowest BCUT2D eigenvalue weighted by molar-refractivity contribution is -0.00479. The zero-order valence-electron chi connectivity index (χ0n) is 17.9. The zero-order chi connectivity index (χ0) is 20.7. The molecule has 1 aliphatic rings. The number of rotatable bonds is 10. The van der Waals surface area contributed by atoms with Gasteiger partial charge in [-0.25, -0.2) is 4.98 Å². The maximum Gasteiger partial charge on any atom is 0.277 e. The molecule has 0 spiro atoms. The molecule has 0 aliphatic carbocycles. The van der Waals surface area contributed by atoms with Crippen LogP contribution in [0.4, 0.5) is 0 Å². The predicted molar refractivity (Wildman–Crippen MR) is 113 cm³/mol. The van der Waals surface area contributed by atoms with Gasteiger partial charge in [0.1, 0.15) is 4.88 Å². The molecule has 2 heterocycles. The second-order valence-electron chi connectivity index (χ2n) is 8.32. The molecule has 1 saturated heterocycles. The molecule has 0 bridgehead atoms. The summed E-state index contributed by atoms with van der Waals surface area (Å²) in [5.41, 5.74) is -0.0868. The number of amides is 1. The van der Waals surface area contributed by atoms with Gasteiger partial charge in [0.05, 0.1) is 12.7 Å². The van der Waals surface area contributed by atoms with Gasteiger partial charge in [0.2, 0.25) is 0 Å². The fourth-order valence-corrected chi connectivity index (χ4v) is 4.19. The number of ether oxygens (including phenoxy) is 2. The van der Waals surface area contributed by atoms with Crippen molar-refractivity contribution < 1.29 is 14.3 Å². The summed E-state index contributed by atoms with van der Waals surface area (Å²) in [5, 5.41) is 3.45. The van der Waals surface area contributed by atoms with Crippen LogP contribution < -0.4 is 10.1 Å². The third-order valence-electron chi connectivity index (χ3n) is 4.88. The Morgan fingerprint density at radius 3 is 2.64 bits per heavy atom. The maximum atomic E-state index is 12.4. The average Bonchev–Trinajstić information content (AvgIpc) is 3.22. The van der Waals surface area contributed by atoms with Crippen LogP contribution >= 0.6 is 11.3 Å². The third-order valence-corrected chi connectivity index (χ3v) is 5.77. The van der Waals surface area contributed by atoms with Gasteiger partial charge in [-0.15, -0.1) is 0 Å². The van der Waals surface area contributed by atoms with Crippen molar-refractivity contribution in [2.75, 3.05) is 13.1 Å². The van der Waals surface area contributed by atoms with E-state index in [4.69, 9.17) is 9.47 Å². The number of hydrogen-bond donors (Lipinski definition) is 1. The summed E-state index contributed by atoms with van der Waals surface area (Å²) in [6, 6.07) is 0. The summed E-state index contributed by atoms with van der Waals surface area (Å²) in [5.74, 6) is 1.20. The van der Waals surface area contributed by atoms with Crippen LogP contribution in [0.15, 0.2) is 18.7 Å². The second-order valence-corrected chi connectivity index (χ2v) is 9.31. The van der Waals surface area contributed by atoms with E-state index in [-0.39, 0.29) is 11.4 Å². The maximum absolute atomic E-state index is 12.4. The molecule has 1 aromatic rings. The van der Waals surface area contributed by atoms with Crippen LogP contribution in [0.25, 0.3) is 0 Å². The van der Waals surface area contributed by atoms with Gasteiger partial charge in [0.15, 0.2) is 5.88 Å². The molecule has 158 valence electrons. The summed E-state index contributed by atoms with van der Waals surface area (Å²) in [6.07, 6.45) is 6.96. The minimum absolute atomic E-state index is 0.0868. The molecule has 1 atom stereocenters. The van der Waals surface area contributed by atoms with Crippen molar-refractivity contribution >= 4 is 17.2 Å². The van der Waals surface area contributed by atoms with E-state index >= 15 is 0 Å². The van der Waals surface area contributed by atoms with E-state index in [0.29, 0.717) is 35.0 Å². The summed E-state index contributed by atoms with van der Waals surface area (Å²) >= 11 is 1.24. The Morgan fingerprint density at radius 1 is 1.39 bits per heavy atom. The molecular formula is C21H35N3O3S. The molecule has 1 aromatic heterocycles. The van der Waals surface area contributed by atoms with Gasteiger partial charge in [0, 0.05) is 12.1 Å². The Morgan fingerprint density at radius 2 is 2.07 bits per heavy atom. The van der Waals surface area contributed by atoms with Gasteiger partial charge < -0.3 is 19.7 Å². The number of carbonyl (C=O) groups is 1. The standard InChI is InChI=1S/C21H35N3O3S/c1-7-9-16(10-8-2)11-12-22-19(25)17-13-23-20(28-17)27-18-14-24(15(3)26-18)21(4,5)6/h13,16,18H,3,7-12,14H2,1-2,4-6H3,(H,22,25). The monoisotopic (exact) mass is 409 g/mol. The summed E-state index contributed by atoms with van der Waals surface area (Å²) in [7, 11) is 0. The van der Waals surface area contributed by atoms with Crippen LogP contribution in [0.5, 0.6) is 5.19 Å². The second kappa shape index (κ2) is 10.1. The fraction of sp³-hybridized carbons (Fsp3) is 0.714. The topological polar surface area (TPSA) is 63.7 Å². The number of hydrogen-bond acceptors (Lipinski definition) is 6. The predicted octanol–water partition coefficient (Wildman–Crippen LogP) is 4.79. The first-order chi connectivity index (χ1) is 13.2. The summed E-state index contributed by atoms with van der Waals surface area (Å²) in [4.78, 5) is 19.2. The van der Waals surface area contributed by atoms with Crippen LogP contribution in [0.3, 0.4) is 0 Å². The molecule has 1 fully saturated rings. The lowest BCUT2D eigenvalue weighted by atomic mass is 9.95. The molecule has 1 amide bonds. The highest BCUT2D eigenvalue weighted by molar-refractivity contribution is 7.15. The van der Waals surface area contributed by atoms with Crippen molar-refractivity contribution in [3.8, 4) is 5.19 Å². The summed E-state index contributed by atoms with van der Waals surface area (Å²) < 4.78 is 11.5. The molecule has 1 aliphatic heterocycles. The molecule has 0 aromatic carbocycles. The highest BCUT2D eigenvalue weighted by Gasteiger charge is 2.35. The minimum Gasteiger partial charge on any atom is -0.438 e. The van der Waals surface area contributed by atoms with Gasteiger partial charge in [-0.3, -0.25) is 4.79 Å². The van der Waals surface area contributed by atoms with E-state index in [1.807, 2.05) is 0 Å². The van der Waals surface area contributed by atoms with Gasteiger partial charge >= 0.3 is 0 Å². The van der Waals surface area contributed by atoms with Crippen molar-refractivity contribution in [1.82, 2.24) is 15.2 Å². The molecule has 6 nitrogen and oxygen atoms in total. The Balaban J connectivity index is 1.81. The number of carbonyl (C=O) groups excluding carboxylic acids is 1. The zero-order valence-corrected chi connectivity index (χ0v) is 18.7. The van der Waals surface area contributed by atoms with E-state index in [2.05, 4.69) is 56.4 Å². The van der Waals surface area contributed by atoms with E-state index in [0.717, 1.165) is 6.42 Å². The highest BCUT2D eigenvalue weighted by Crippen LogP contribution is 2.30. The number of nitrogens with zero attached hydrogens (tertiary/aromatic N) is 2. The minimum atomic E-state index is -0.461. The lowest BCUT2D eigenvalue weighted by Crippen LogP contribution is -2.39. The summed E-state index contributed by atoms with van der Waals surface area (Å²) in [6.45, 7) is 15.9. The molecule has 28 heavy (non-hydrogen) atoms. The van der Waals surface area contributed by atoms with E-state index in [1.165, 1.54) is 37.0 Å². The van der Waals surface area contributed by atoms with Crippen molar-refractivity contribution in [2.45, 2.75) is 78.6 Å². The quantitative estimate of drug-likeness (QED) is 0.602. The van der Waals surface area contributed by atoms with Crippen molar-refractivity contribution in [2.24, 2.45) is 5.92 Å². The fourth-order valence-electron chi connectivity index (χ4n) is 3.47. The molecule has 1 N–H and O–H groups in total. The SMILES string of the molecule is C=C1OC(Oc2ncc(C(=O)NCCC(CCC)CCC)s2)CN1C(C)(C)C. The van der Waals surface area contributed by atoms with E-state index in [1.54, 1.807) is 6.20 Å². The van der Waals surface area contributed by atoms with Gasteiger partial charge in [0.25, 0.3) is 17.4 Å². The van der Waals surface area contributed by atoms with Gasteiger partial charge in [-0.2, -0.15) is 0 Å². The molecule has 7 heteroatoms. The van der Waals surface area contributed by atoms with Crippen LogP contribution in [-0.4, -0.2) is 40.7 Å². The molecule has 1 unspecified atom stereocenters. The number of nitrogens with one attached hydrogen (secondary N) is 1. The Kier molecular flexibility index (Phi) is 8.16. The van der Waals surface area contributed by atoms with Crippen LogP contribution in [0.1, 0.15) is 76.4 Å².